The van der Waals surface area contributed by atoms with Crippen molar-refractivity contribution in [1.29, 1.82) is 0 Å². The van der Waals surface area contributed by atoms with Gasteiger partial charge in [0.15, 0.2) is 0 Å². The maximum absolute atomic E-state index is 4.73. The van der Waals surface area contributed by atoms with Crippen LogP contribution in [0.1, 0.15) is 18.1 Å². The molecule has 1 unspecified atom stereocenters. The van der Waals surface area contributed by atoms with Gasteiger partial charge in [0.05, 0.1) is 0 Å². The molecule has 168 valence electrons. The Labute approximate surface area is 195 Å². The molecule has 2 aliphatic rings. The number of anilines is 1. The van der Waals surface area contributed by atoms with Crippen molar-refractivity contribution >= 4 is 16.7 Å². The molecule has 0 radical (unpaired) electrons. The Kier molecular flexibility index (Phi) is 5.16. The molecule has 5 heteroatoms. The summed E-state index contributed by atoms with van der Waals surface area (Å²) in [7, 11) is 2.22. The topological polar surface area (TPSA) is 47.2 Å². The second kappa shape index (κ2) is 8.32. The number of benzene rings is 2. The van der Waals surface area contributed by atoms with Crippen LogP contribution in [0.4, 0.5) is 5.69 Å². The molecule has 0 spiro atoms. The van der Waals surface area contributed by atoms with E-state index in [2.05, 4.69) is 88.8 Å². The number of nitrogens with zero attached hydrogens (tertiary/aromatic N) is 3. The third-order valence-electron chi connectivity index (χ3n) is 7.39. The quantitative estimate of drug-likeness (QED) is 0.472. The third-order valence-corrected chi connectivity index (χ3v) is 7.39. The van der Waals surface area contributed by atoms with Gasteiger partial charge in [-0.05, 0) is 60.8 Å². The highest BCUT2D eigenvalue weighted by molar-refractivity contribution is 5.96. The van der Waals surface area contributed by atoms with Gasteiger partial charge in [-0.2, -0.15) is 0 Å². The van der Waals surface area contributed by atoms with Crippen molar-refractivity contribution < 1.29 is 0 Å². The molecule has 2 aromatic heterocycles. The minimum absolute atomic E-state index is 0.619. The predicted molar refractivity (Wildman–Crippen MR) is 137 cm³/mol. The van der Waals surface area contributed by atoms with Crippen LogP contribution in [-0.4, -0.2) is 59.0 Å². The van der Waals surface area contributed by atoms with Crippen LogP contribution in [0.2, 0.25) is 0 Å². The smallest absolute Gasteiger partial charge is 0.137 e. The standard InChI is InChI=1S/C28H31N5/c1-19-17-33(12-11-32(19)2)18-20-3-5-21(6-4-20)24-14-25-26(16-31-28(25)30-15-24)22-7-8-27-23(13-22)9-10-29-27/h3-8,13-16,19,29H,9-12,17-18H2,1-2H3,(H,30,31). The Morgan fingerprint density at radius 2 is 1.85 bits per heavy atom. The van der Waals surface area contributed by atoms with E-state index in [0.29, 0.717) is 6.04 Å². The van der Waals surface area contributed by atoms with Crippen LogP contribution in [0.5, 0.6) is 0 Å². The number of rotatable bonds is 4. The summed E-state index contributed by atoms with van der Waals surface area (Å²) in [5, 5.41) is 4.62. The van der Waals surface area contributed by atoms with Gasteiger partial charge in [0.1, 0.15) is 5.65 Å². The van der Waals surface area contributed by atoms with Crippen molar-refractivity contribution in [2.75, 3.05) is 38.5 Å². The number of H-pyrrole nitrogens is 1. The number of hydrogen-bond donors (Lipinski definition) is 2. The van der Waals surface area contributed by atoms with Crippen LogP contribution in [0.15, 0.2) is 60.9 Å². The highest BCUT2D eigenvalue weighted by atomic mass is 15.3. The minimum atomic E-state index is 0.619. The van der Waals surface area contributed by atoms with Gasteiger partial charge < -0.3 is 15.2 Å². The number of nitrogens with one attached hydrogen (secondary N) is 2. The average molecular weight is 438 g/mol. The van der Waals surface area contributed by atoms with Gasteiger partial charge in [-0.25, -0.2) is 4.98 Å². The van der Waals surface area contributed by atoms with E-state index in [4.69, 9.17) is 4.98 Å². The van der Waals surface area contributed by atoms with Crippen molar-refractivity contribution in [2.24, 2.45) is 0 Å². The fourth-order valence-electron chi connectivity index (χ4n) is 5.20. The van der Waals surface area contributed by atoms with Crippen molar-refractivity contribution in [1.82, 2.24) is 19.8 Å². The maximum Gasteiger partial charge on any atom is 0.137 e. The van der Waals surface area contributed by atoms with Crippen LogP contribution in [0, 0.1) is 0 Å². The molecule has 1 atom stereocenters. The lowest BCUT2D eigenvalue weighted by Gasteiger charge is -2.37. The molecule has 2 aliphatic heterocycles. The van der Waals surface area contributed by atoms with E-state index in [1.807, 2.05) is 6.20 Å². The molecule has 0 saturated carbocycles. The van der Waals surface area contributed by atoms with E-state index in [1.54, 1.807) is 0 Å². The minimum Gasteiger partial charge on any atom is -0.384 e. The van der Waals surface area contributed by atoms with Crippen LogP contribution in [0.3, 0.4) is 0 Å². The van der Waals surface area contributed by atoms with Crippen LogP contribution in [0.25, 0.3) is 33.3 Å². The zero-order chi connectivity index (χ0) is 22.4. The molecule has 5 nitrogen and oxygen atoms in total. The summed E-state index contributed by atoms with van der Waals surface area (Å²) >= 11 is 0. The molecule has 6 rings (SSSR count). The Bertz CT molecular complexity index is 1290. The van der Waals surface area contributed by atoms with E-state index < -0.39 is 0 Å². The molecule has 33 heavy (non-hydrogen) atoms. The van der Waals surface area contributed by atoms with E-state index >= 15 is 0 Å². The SMILES string of the molecule is CC1CN(Cc2ccc(-c3cnc4[nH]cc(-c5ccc6c(c5)CCN6)c4c3)cc2)CCN1C. The summed E-state index contributed by atoms with van der Waals surface area (Å²) in [6, 6.07) is 18.6. The number of piperazine rings is 1. The Hall–Kier alpha value is -3.15. The number of likely N-dealkylation sites (N-methyl/N-ethyl adjacent to an activating group) is 1. The fraction of sp³-hybridized carbons (Fsp3) is 0.321. The number of fused-ring (bicyclic) bond motifs is 2. The van der Waals surface area contributed by atoms with Gasteiger partial charge in [-0.3, -0.25) is 4.90 Å². The molecular formula is C28H31N5. The van der Waals surface area contributed by atoms with Gasteiger partial charge in [-0.15, -0.1) is 0 Å². The number of aromatic nitrogens is 2. The van der Waals surface area contributed by atoms with Gasteiger partial charge in [0, 0.05) is 73.4 Å². The Balaban J connectivity index is 1.25. The summed E-state index contributed by atoms with van der Waals surface area (Å²) in [5.41, 5.74) is 9.82. The second-order valence-corrected chi connectivity index (χ2v) is 9.63. The molecule has 2 N–H and O–H groups in total. The molecule has 0 bridgehead atoms. The summed E-state index contributed by atoms with van der Waals surface area (Å²) < 4.78 is 0. The normalized spacial score (nSPS) is 19.0. The van der Waals surface area contributed by atoms with E-state index in [-0.39, 0.29) is 0 Å². The lowest BCUT2D eigenvalue weighted by Crippen LogP contribution is -2.49. The van der Waals surface area contributed by atoms with Crippen molar-refractivity contribution in [2.45, 2.75) is 25.9 Å². The zero-order valence-corrected chi connectivity index (χ0v) is 19.4. The highest BCUT2D eigenvalue weighted by Crippen LogP contribution is 2.34. The van der Waals surface area contributed by atoms with Crippen molar-refractivity contribution in [3.05, 3.63) is 72.1 Å². The number of hydrogen-bond acceptors (Lipinski definition) is 4. The molecule has 2 aromatic carbocycles. The Morgan fingerprint density at radius 3 is 2.70 bits per heavy atom. The van der Waals surface area contributed by atoms with Crippen molar-refractivity contribution in [3.8, 4) is 22.3 Å². The third kappa shape index (κ3) is 3.92. The number of pyridine rings is 1. The molecule has 1 saturated heterocycles. The summed E-state index contributed by atoms with van der Waals surface area (Å²) in [5.74, 6) is 0. The molecule has 0 amide bonds. The molecular weight excluding hydrogens is 406 g/mol. The molecule has 4 heterocycles. The fourth-order valence-corrected chi connectivity index (χ4v) is 5.20. The Morgan fingerprint density at radius 1 is 1.00 bits per heavy atom. The first-order valence-corrected chi connectivity index (χ1v) is 12.0. The maximum atomic E-state index is 4.73. The first-order chi connectivity index (χ1) is 16.1. The lowest BCUT2D eigenvalue weighted by atomic mass is 9.99. The molecule has 4 aromatic rings. The van der Waals surface area contributed by atoms with E-state index in [9.17, 15) is 0 Å². The predicted octanol–water partition coefficient (Wildman–Crippen LogP) is 5.00. The van der Waals surface area contributed by atoms with Gasteiger partial charge >= 0.3 is 0 Å². The van der Waals surface area contributed by atoms with Crippen LogP contribution in [-0.2, 0) is 13.0 Å². The van der Waals surface area contributed by atoms with Gasteiger partial charge in [0.25, 0.3) is 0 Å². The van der Waals surface area contributed by atoms with Gasteiger partial charge in [-0.1, -0.05) is 30.3 Å². The lowest BCUT2D eigenvalue weighted by molar-refractivity contribution is 0.1000. The van der Waals surface area contributed by atoms with Crippen LogP contribution < -0.4 is 5.32 Å². The summed E-state index contributed by atoms with van der Waals surface area (Å²) in [6.45, 7) is 7.77. The first kappa shape index (κ1) is 20.5. The first-order valence-electron chi connectivity index (χ1n) is 12.0. The molecule has 0 aliphatic carbocycles. The number of aromatic amines is 1. The van der Waals surface area contributed by atoms with Gasteiger partial charge in [0.2, 0.25) is 0 Å². The molecule has 1 fully saturated rings. The monoisotopic (exact) mass is 437 g/mol. The van der Waals surface area contributed by atoms with Crippen molar-refractivity contribution in [3.63, 3.8) is 0 Å². The van der Waals surface area contributed by atoms with E-state index in [0.717, 1.165) is 50.4 Å². The summed E-state index contributed by atoms with van der Waals surface area (Å²) in [6.07, 6.45) is 5.16. The average Bonchev–Trinajstić information content (AvgIpc) is 3.48. The zero-order valence-electron chi connectivity index (χ0n) is 19.4. The van der Waals surface area contributed by atoms with E-state index in [1.165, 1.54) is 38.9 Å². The second-order valence-electron chi connectivity index (χ2n) is 9.63. The van der Waals surface area contributed by atoms with Crippen LogP contribution >= 0.6 is 0 Å². The summed E-state index contributed by atoms with van der Waals surface area (Å²) in [4.78, 5) is 13.1. The largest absolute Gasteiger partial charge is 0.384 e. The highest BCUT2D eigenvalue weighted by Gasteiger charge is 2.20.